The van der Waals surface area contributed by atoms with Gasteiger partial charge in [-0.25, -0.2) is 4.98 Å². The minimum absolute atomic E-state index is 0.0418. The predicted octanol–water partition coefficient (Wildman–Crippen LogP) is 4.33. The monoisotopic (exact) mass is 441 g/mol. The number of benzene rings is 2. The Bertz CT molecular complexity index is 1240. The van der Waals surface area contributed by atoms with Crippen molar-refractivity contribution in [1.82, 2.24) is 25.5 Å². The van der Waals surface area contributed by atoms with E-state index in [-0.39, 0.29) is 11.8 Å². The highest BCUT2D eigenvalue weighted by Crippen LogP contribution is 2.26. The Labute approximate surface area is 189 Å². The van der Waals surface area contributed by atoms with Crippen molar-refractivity contribution in [3.63, 3.8) is 0 Å². The van der Waals surface area contributed by atoms with Crippen LogP contribution in [0.2, 0.25) is 0 Å². The van der Waals surface area contributed by atoms with Crippen molar-refractivity contribution in [2.24, 2.45) is 0 Å². The molecule has 0 saturated heterocycles. The molecule has 2 aromatic heterocycles. The minimum atomic E-state index is -0.324. The van der Waals surface area contributed by atoms with Crippen LogP contribution in [-0.2, 0) is 4.79 Å². The van der Waals surface area contributed by atoms with E-state index in [1.807, 2.05) is 66.7 Å². The van der Waals surface area contributed by atoms with Crippen LogP contribution in [0, 0.1) is 0 Å². The van der Waals surface area contributed by atoms with Crippen LogP contribution < -0.4 is 10.1 Å². The van der Waals surface area contributed by atoms with Crippen molar-refractivity contribution in [1.29, 1.82) is 0 Å². The fourth-order valence-electron chi connectivity index (χ4n) is 3.26. The van der Waals surface area contributed by atoms with E-state index in [1.165, 1.54) is 11.8 Å². The number of rotatable bonds is 7. The molecule has 1 unspecified atom stereocenters. The SMILES string of the molecule is O=C1C=C(c2ccc(Oc3ccccc3)cc2)NC1CSc1n[nH]c(-c2cccnc2)n1. The average molecular weight is 442 g/mol. The highest BCUT2D eigenvalue weighted by atomic mass is 32.2. The zero-order valence-corrected chi connectivity index (χ0v) is 17.8. The number of hydrogen-bond donors (Lipinski definition) is 2. The third kappa shape index (κ3) is 4.55. The number of pyridine rings is 1. The normalized spacial score (nSPS) is 15.3. The first-order chi connectivity index (χ1) is 15.7. The fraction of sp³-hybridized carbons (Fsp3) is 0.0833. The summed E-state index contributed by atoms with van der Waals surface area (Å²) in [5.74, 6) is 2.75. The lowest BCUT2D eigenvalue weighted by molar-refractivity contribution is -0.115. The summed E-state index contributed by atoms with van der Waals surface area (Å²) in [5.41, 5.74) is 2.60. The molecule has 1 aliphatic rings. The number of ether oxygens (including phenoxy) is 1. The van der Waals surface area contributed by atoms with Crippen molar-refractivity contribution in [3.8, 4) is 22.9 Å². The third-order valence-electron chi connectivity index (χ3n) is 4.88. The van der Waals surface area contributed by atoms with E-state index in [2.05, 4.69) is 25.5 Å². The number of H-pyrrole nitrogens is 1. The number of hydrogen-bond acceptors (Lipinski definition) is 7. The summed E-state index contributed by atoms with van der Waals surface area (Å²) in [5, 5.41) is 11.0. The number of thioether (sulfide) groups is 1. The second-order valence-electron chi connectivity index (χ2n) is 7.12. The van der Waals surface area contributed by atoms with Crippen LogP contribution in [-0.4, -0.2) is 37.7 Å². The lowest BCUT2D eigenvalue weighted by Gasteiger charge is -2.12. The number of aromatic nitrogens is 4. The van der Waals surface area contributed by atoms with Crippen molar-refractivity contribution < 1.29 is 9.53 Å². The maximum atomic E-state index is 12.5. The lowest BCUT2D eigenvalue weighted by Crippen LogP contribution is -2.30. The summed E-state index contributed by atoms with van der Waals surface area (Å²) in [6, 6.07) is 20.7. The first-order valence-corrected chi connectivity index (χ1v) is 11.0. The van der Waals surface area contributed by atoms with E-state index >= 15 is 0 Å². The standard InChI is InChI=1S/C24H19N5O2S/c30-22-13-20(16-8-10-19(11-9-16)31-18-6-2-1-3-7-18)26-21(22)15-32-24-27-23(28-29-24)17-5-4-12-25-14-17/h1-14,21,26H,15H2,(H,27,28,29). The van der Waals surface area contributed by atoms with Crippen molar-refractivity contribution in [3.05, 3.63) is 90.8 Å². The third-order valence-corrected chi connectivity index (χ3v) is 5.82. The zero-order chi connectivity index (χ0) is 21.8. The Kier molecular flexibility index (Phi) is 5.67. The lowest BCUT2D eigenvalue weighted by atomic mass is 10.1. The summed E-state index contributed by atoms with van der Waals surface area (Å²) >= 11 is 1.43. The van der Waals surface area contributed by atoms with E-state index in [0.29, 0.717) is 16.7 Å². The van der Waals surface area contributed by atoms with Gasteiger partial charge in [0.15, 0.2) is 11.6 Å². The van der Waals surface area contributed by atoms with E-state index in [0.717, 1.165) is 28.3 Å². The molecule has 4 aromatic rings. The molecule has 5 rings (SSSR count). The molecule has 1 aliphatic heterocycles. The molecule has 0 bridgehead atoms. The van der Waals surface area contributed by atoms with Crippen LogP contribution in [0.15, 0.2) is 90.4 Å². The molecule has 158 valence electrons. The van der Waals surface area contributed by atoms with E-state index in [9.17, 15) is 4.79 Å². The Morgan fingerprint density at radius 1 is 0.938 bits per heavy atom. The molecule has 0 spiro atoms. The second-order valence-corrected chi connectivity index (χ2v) is 8.10. The van der Waals surface area contributed by atoms with Crippen LogP contribution >= 0.6 is 11.8 Å². The fourth-order valence-corrected chi connectivity index (χ4v) is 4.09. The smallest absolute Gasteiger partial charge is 0.208 e. The maximum Gasteiger partial charge on any atom is 0.208 e. The number of carbonyl (C=O) groups excluding carboxylic acids is 1. The molecule has 0 fully saturated rings. The zero-order valence-electron chi connectivity index (χ0n) is 16.9. The Hall–Kier alpha value is -3.91. The molecule has 7 nitrogen and oxygen atoms in total. The molecule has 3 heterocycles. The highest BCUT2D eigenvalue weighted by Gasteiger charge is 2.26. The van der Waals surface area contributed by atoms with Gasteiger partial charge >= 0.3 is 0 Å². The summed E-state index contributed by atoms with van der Waals surface area (Å²) < 4.78 is 5.83. The number of nitrogens with zero attached hydrogens (tertiary/aromatic N) is 3. The molecule has 0 aliphatic carbocycles. The van der Waals surface area contributed by atoms with Gasteiger partial charge in [-0.3, -0.25) is 14.9 Å². The summed E-state index contributed by atoms with van der Waals surface area (Å²) in [6.45, 7) is 0. The Balaban J connectivity index is 1.18. The summed E-state index contributed by atoms with van der Waals surface area (Å²) in [4.78, 5) is 21.0. The Morgan fingerprint density at radius 2 is 1.75 bits per heavy atom. The summed E-state index contributed by atoms with van der Waals surface area (Å²) in [6.07, 6.45) is 5.09. The summed E-state index contributed by atoms with van der Waals surface area (Å²) in [7, 11) is 0. The molecule has 2 aromatic carbocycles. The quantitative estimate of drug-likeness (QED) is 0.412. The van der Waals surface area contributed by atoms with Gasteiger partial charge in [-0.05, 0) is 54.1 Å². The Morgan fingerprint density at radius 3 is 2.53 bits per heavy atom. The molecule has 1 atom stereocenters. The average Bonchev–Trinajstić information content (AvgIpc) is 3.46. The van der Waals surface area contributed by atoms with Gasteiger partial charge in [0.2, 0.25) is 5.16 Å². The van der Waals surface area contributed by atoms with Gasteiger partial charge in [0, 0.05) is 35.5 Å². The second kappa shape index (κ2) is 9.07. The van der Waals surface area contributed by atoms with Gasteiger partial charge in [-0.1, -0.05) is 30.0 Å². The molecule has 32 heavy (non-hydrogen) atoms. The number of ketones is 1. The van der Waals surface area contributed by atoms with Gasteiger partial charge in [0.25, 0.3) is 0 Å². The van der Waals surface area contributed by atoms with Crippen LogP contribution in [0.5, 0.6) is 11.5 Å². The predicted molar refractivity (Wildman–Crippen MR) is 123 cm³/mol. The van der Waals surface area contributed by atoms with Crippen molar-refractivity contribution >= 4 is 23.2 Å². The van der Waals surface area contributed by atoms with Gasteiger partial charge in [0.1, 0.15) is 11.5 Å². The van der Waals surface area contributed by atoms with Gasteiger partial charge in [-0.2, -0.15) is 0 Å². The number of carbonyl (C=O) groups is 1. The van der Waals surface area contributed by atoms with Crippen molar-refractivity contribution in [2.75, 3.05) is 5.75 Å². The van der Waals surface area contributed by atoms with Crippen LogP contribution in [0.4, 0.5) is 0 Å². The number of aromatic amines is 1. The van der Waals surface area contributed by atoms with Crippen molar-refractivity contribution in [2.45, 2.75) is 11.2 Å². The first kappa shape index (κ1) is 20.0. The van der Waals surface area contributed by atoms with Gasteiger partial charge in [0.05, 0.1) is 6.04 Å². The maximum absolute atomic E-state index is 12.5. The highest BCUT2D eigenvalue weighted by molar-refractivity contribution is 7.99. The number of para-hydroxylation sites is 1. The topological polar surface area (TPSA) is 92.8 Å². The van der Waals surface area contributed by atoms with Crippen LogP contribution in [0.25, 0.3) is 17.1 Å². The molecule has 0 amide bonds. The molecule has 8 heteroatoms. The molecule has 2 N–H and O–H groups in total. The molecule has 0 saturated carbocycles. The molecule has 0 radical (unpaired) electrons. The van der Waals surface area contributed by atoms with Gasteiger partial charge < -0.3 is 10.1 Å². The van der Waals surface area contributed by atoms with E-state index < -0.39 is 0 Å². The van der Waals surface area contributed by atoms with E-state index in [1.54, 1.807) is 18.5 Å². The van der Waals surface area contributed by atoms with Gasteiger partial charge in [-0.15, -0.1) is 5.10 Å². The largest absolute Gasteiger partial charge is 0.457 e. The first-order valence-electron chi connectivity index (χ1n) is 10.1. The van der Waals surface area contributed by atoms with Crippen LogP contribution in [0.1, 0.15) is 5.56 Å². The molecular weight excluding hydrogens is 422 g/mol. The van der Waals surface area contributed by atoms with Crippen LogP contribution in [0.3, 0.4) is 0 Å². The number of nitrogens with one attached hydrogen (secondary N) is 2. The molecular formula is C24H19N5O2S. The van der Waals surface area contributed by atoms with E-state index in [4.69, 9.17) is 4.74 Å². The minimum Gasteiger partial charge on any atom is -0.457 e.